The minimum absolute atomic E-state index is 0.0633. The monoisotopic (exact) mass is 442 g/mol. The van der Waals surface area contributed by atoms with Gasteiger partial charge < -0.3 is 14.6 Å². The molecule has 0 aromatic rings. The van der Waals surface area contributed by atoms with E-state index in [9.17, 15) is 5.11 Å². The van der Waals surface area contributed by atoms with Crippen molar-refractivity contribution < 1.29 is 14.6 Å². The number of ether oxygens (including phenoxy) is 2. The van der Waals surface area contributed by atoms with E-state index in [0.29, 0.717) is 6.61 Å². The third kappa shape index (κ3) is 26.0. The zero-order valence-corrected chi connectivity index (χ0v) is 21.7. The Morgan fingerprint density at radius 2 is 1.03 bits per heavy atom. The summed E-state index contributed by atoms with van der Waals surface area (Å²) in [5.74, 6) is 0.873. The molecule has 0 aliphatic heterocycles. The Kier molecular flexibility index (Phi) is 26.0. The Morgan fingerprint density at radius 1 is 0.581 bits per heavy atom. The van der Waals surface area contributed by atoms with Gasteiger partial charge >= 0.3 is 0 Å². The molecule has 0 saturated carbocycles. The molecule has 31 heavy (non-hydrogen) atoms. The molecule has 0 amide bonds. The highest BCUT2D eigenvalue weighted by molar-refractivity contribution is 4.55. The zero-order chi connectivity index (χ0) is 22.8. The predicted octanol–water partition coefficient (Wildman–Crippen LogP) is 8.47. The quantitative estimate of drug-likeness (QED) is 0.136. The van der Waals surface area contributed by atoms with Crippen molar-refractivity contribution in [1.29, 1.82) is 0 Å². The van der Waals surface area contributed by atoms with Gasteiger partial charge in [-0.1, -0.05) is 130 Å². The number of aliphatic hydroxyl groups is 1. The largest absolute Gasteiger partial charge is 0.394 e. The van der Waals surface area contributed by atoms with Gasteiger partial charge in [0.05, 0.1) is 13.2 Å². The number of rotatable bonds is 26. The second kappa shape index (κ2) is 26.1. The van der Waals surface area contributed by atoms with E-state index in [1.165, 1.54) is 109 Å². The van der Waals surface area contributed by atoms with E-state index >= 15 is 0 Å². The Hall–Kier alpha value is -0.120. The SMILES string of the molecule is CCCCCCCCO[C@@H](CO)COCCCCCCCCCCCCCCC(C)C. The lowest BCUT2D eigenvalue weighted by atomic mass is 10.0. The van der Waals surface area contributed by atoms with E-state index in [-0.39, 0.29) is 12.7 Å². The molecule has 0 saturated heterocycles. The topological polar surface area (TPSA) is 38.7 Å². The van der Waals surface area contributed by atoms with Gasteiger partial charge in [-0.3, -0.25) is 0 Å². The molecule has 0 fully saturated rings. The second-order valence-corrected chi connectivity index (χ2v) is 9.94. The molecule has 3 heteroatoms. The summed E-state index contributed by atoms with van der Waals surface area (Å²) in [6.07, 6.45) is 25.3. The lowest BCUT2D eigenvalue weighted by Crippen LogP contribution is -2.24. The molecule has 0 aliphatic carbocycles. The molecule has 0 aromatic carbocycles. The third-order valence-corrected chi connectivity index (χ3v) is 6.18. The van der Waals surface area contributed by atoms with Crippen molar-refractivity contribution in [3.8, 4) is 0 Å². The summed E-state index contributed by atoms with van der Waals surface area (Å²) in [4.78, 5) is 0. The van der Waals surface area contributed by atoms with Gasteiger partial charge in [-0.25, -0.2) is 0 Å². The summed E-state index contributed by atoms with van der Waals surface area (Å²) in [6.45, 7) is 9.04. The van der Waals surface area contributed by atoms with Crippen molar-refractivity contribution in [2.45, 2.75) is 149 Å². The molecule has 0 rings (SSSR count). The van der Waals surface area contributed by atoms with E-state index in [0.717, 1.165) is 32.0 Å². The van der Waals surface area contributed by atoms with Gasteiger partial charge in [0.15, 0.2) is 0 Å². The van der Waals surface area contributed by atoms with Crippen LogP contribution in [0, 0.1) is 5.92 Å². The van der Waals surface area contributed by atoms with Gasteiger partial charge in [-0.15, -0.1) is 0 Å². The maximum absolute atomic E-state index is 9.43. The fraction of sp³-hybridized carbons (Fsp3) is 1.00. The van der Waals surface area contributed by atoms with Crippen LogP contribution in [-0.4, -0.2) is 37.6 Å². The van der Waals surface area contributed by atoms with Gasteiger partial charge in [-0.2, -0.15) is 0 Å². The Balaban J connectivity index is 3.23. The highest BCUT2D eigenvalue weighted by Crippen LogP contribution is 2.14. The van der Waals surface area contributed by atoms with Crippen molar-refractivity contribution in [1.82, 2.24) is 0 Å². The summed E-state index contributed by atoms with van der Waals surface area (Å²) in [5.41, 5.74) is 0. The van der Waals surface area contributed by atoms with Crippen molar-refractivity contribution in [3.05, 3.63) is 0 Å². The van der Waals surface area contributed by atoms with Gasteiger partial charge in [0.1, 0.15) is 6.10 Å². The summed E-state index contributed by atoms with van der Waals surface area (Å²) < 4.78 is 11.5. The summed E-state index contributed by atoms with van der Waals surface area (Å²) in [6, 6.07) is 0. The van der Waals surface area contributed by atoms with Gasteiger partial charge in [0, 0.05) is 13.2 Å². The molecule has 0 unspecified atom stereocenters. The Morgan fingerprint density at radius 3 is 1.52 bits per heavy atom. The molecule has 0 spiro atoms. The first-order chi connectivity index (χ1) is 15.2. The maximum Gasteiger partial charge on any atom is 0.104 e. The van der Waals surface area contributed by atoms with Gasteiger partial charge in [-0.05, 0) is 18.8 Å². The summed E-state index contributed by atoms with van der Waals surface area (Å²) in [5, 5.41) is 9.43. The van der Waals surface area contributed by atoms with Crippen molar-refractivity contribution >= 4 is 0 Å². The molecule has 0 aliphatic rings. The molecule has 0 bridgehead atoms. The average molecular weight is 443 g/mol. The lowest BCUT2D eigenvalue weighted by molar-refractivity contribution is -0.0437. The highest BCUT2D eigenvalue weighted by atomic mass is 16.5. The van der Waals surface area contributed by atoms with E-state index in [2.05, 4.69) is 20.8 Å². The van der Waals surface area contributed by atoms with E-state index < -0.39 is 0 Å². The number of unbranched alkanes of at least 4 members (excludes halogenated alkanes) is 16. The van der Waals surface area contributed by atoms with Crippen molar-refractivity contribution in [3.63, 3.8) is 0 Å². The van der Waals surface area contributed by atoms with E-state index in [1.807, 2.05) is 0 Å². The van der Waals surface area contributed by atoms with Crippen LogP contribution in [0.3, 0.4) is 0 Å². The van der Waals surface area contributed by atoms with Crippen LogP contribution in [0.25, 0.3) is 0 Å². The molecular weight excluding hydrogens is 384 g/mol. The molecule has 0 aromatic heterocycles. The maximum atomic E-state index is 9.43. The normalized spacial score (nSPS) is 12.7. The van der Waals surface area contributed by atoms with Crippen molar-refractivity contribution in [2.75, 3.05) is 26.4 Å². The minimum Gasteiger partial charge on any atom is -0.394 e. The van der Waals surface area contributed by atoms with Crippen LogP contribution >= 0.6 is 0 Å². The van der Waals surface area contributed by atoms with Crippen LogP contribution in [0.15, 0.2) is 0 Å². The lowest BCUT2D eigenvalue weighted by Gasteiger charge is -2.15. The van der Waals surface area contributed by atoms with Crippen LogP contribution < -0.4 is 0 Å². The molecule has 0 radical (unpaired) electrons. The number of aliphatic hydroxyl groups excluding tert-OH is 1. The van der Waals surface area contributed by atoms with Gasteiger partial charge in [0.25, 0.3) is 0 Å². The molecular formula is C28H58O3. The van der Waals surface area contributed by atoms with Crippen LogP contribution in [0.5, 0.6) is 0 Å². The van der Waals surface area contributed by atoms with Crippen molar-refractivity contribution in [2.24, 2.45) is 5.92 Å². The molecule has 1 atom stereocenters. The third-order valence-electron chi connectivity index (χ3n) is 6.18. The smallest absolute Gasteiger partial charge is 0.104 e. The first-order valence-corrected chi connectivity index (χ1v) is 14.0. The van der Waals surface area contributed by atoms with Crippen LogP contribution in [0.4, 0.5) is 0 Å². The first kappa shape index (κ1) is 30.9. The molecule has 0 heterocycles. The van der Waals surface area contributed by atoms with Gasteiger partial charge in [0.2, 0.25) is 0 Å². The number of hydrogen-bond donors (Lipinski definition) is 1. The minimum atomic E-state index is -0.147. The van der Waals surface area contributed by atoms with Crippen LogP contribution in [0.2, 0.25) is 0 Å². The van der Waals surface area contributed by atoms with E-state index in [4.69, 9.17) is 9.47 Å². The predicted molar refractivity (Wildman–Crippen MR) is 136 cm³/mol. The first-order valence-electron chi connectivity index (χ1n) is 14.0. The fourth-order valence-electron chi connectivity index (χ4n) is 4.03. The standard InChI is InChI=1S/C28H58O3/c1-4-5-6-7-18-21-24-31-28(25-29)26-30-23-20-17-15-13-11-9-8-10-12-14-16-19-22-27(2)3/h27-29H,4-26H2,1-3H3/t28-/m0/s1. The Bertz CT molecular complexity index is 319. The zero-order valence-electron chi connectivity index (χ0n) is 21.7. The second-order valence-electron chi connectivity index (χ2n) is 9.94. The van der Waals surface area contributed by atoms with E-state index in [1.54, 1.807) is 0 Å². The fourth-order valence-corrected chi connectivity index (χ4v) is 4.03. The Labute approximate surface area is 196 Å². The average Bonchev–Trinajstić information content (AvgIpc) is 2.76. The number of hydrogen-bond acceptors (Lipinski definition) is 3. The van der Waals surface area contributed by atoms with Crippen LogP contribution in [-0.2, 0) is 9.47 Å². The van der Waals surface area contributed by atoms with Crippen LogP contribution in [0.1, 0.15) is 143 Å². The molecule has 1 N–H and O–H groups in total. The summed E-state index contributed by atoms with van der Waals surface area (Å²) >= 11 is 0. The molecule has 188 valence electrons. The summed E-state index contributed by atoms with van der Waals surface area (Å²) in [7, 11) is 0. The highest BCUT2D eigenvalue weighted by Gasteiger charge is 2.07. The molecule has 3 nitrogen and oxygen atoms in total.